The average molecular weight is 1090 g/mol. The summed E-state index contributed by atoms with van der Waals surface area (Å²) in [4.78, 5) is 66.9. The highest BCUT2D eigenvalue weighted by Crippen LogP contribution is 2.39. The molecule has 4 aliphatic heterocycles. The number of likely N-dealkylation sites (tertiary alicyclic amines) is 1. The molecule has 2 bridgehead atoms. The van der Waals surface area contributed by atoms with Crippen molar-refractivity contribution in [3.8, 4) is 27.4 Å². The first kappa shape index (κ1) is 55.1. The molecule has 4 aromatic heterocycles. The molecular formula is C59H73N13O6S. The molecule has 4 fully saturated rings. The summed E-state index contributed by atoms with van der Waals surface area (Å²) in [6.45, 7) is 13.6. The lowest BCUT2D eigenvalue weighted by Crippen LogP contribution is -2.59. The fourth-order valence-electron chi connectivity index (χ4n) is 11.5. The summed E-state index contributed by atoms with van der Waals surface area (Å²) in [5.41, 5.74) is 15.9. The number of aliphatic hydroxyl groups excluding tert-OH is 1. The number of nitrogens with one attached hydrogen (secondary N) is 2. The molecule has 6 aromatic rings. The number of aromatic nitrogens is 5. The summed E-state index contributed by atoms with van der Waals surface area (Å²) in [5, 5.41) is 35.7. The van der Waals surface area contributed by atoms with E-state index in [0.717, 1.165) is 89.7 Å². The highest BCUT2D eigenvalue weighted by atomic mass is 32.1. The van der Waals surface area contributed by atoms with Crippen molar-refractivity contribution in [2.75, 3.05) is 86.0 Å². The lowest BCUT2D eigenvalue weighted by molar-refractivity contribution is -0.144. The average Bonchev–Trinajstić information content (AvgIpc) is 4.24. The quantitative estimate of drug-likeness (QED) is 0.0619. The van der Waals surface area contributed by atoms with Gasteiger partial charge in [0.05, 0.1) is 46.7 Å². The number of hydrogen-bond donors (Lipinski definition) is 5. The van der Waals surface area contributed by atoms with Gasteiger partial charge >= 0.3 is 0 Å². The Labute approximate surface area is 466 Å². The van der Waals surface area contributed by atoms with E-state index < -0.39 is 23.6 Å². The molecular weight excluding hydrogens is 1020 g/mol. The van der Waals surface area contributed by atoms with E-state index in [2.05, 4.69) is 63.6 Å². The van der Waals surface area contributed by atoms with Crippen LogP contribution < -0.4 is 31.1 Å². The van der Waals surface area contributed by atoms with E-state index in [-0.39, 0.29) is 49.5 Å². The van der Waals surface area contributed by atoms with Gasteiger partial charge in [-0.15, -0.1) is 21.5 Å². The Kier molecular flexibility index (Phi) is 17.0. The van der Waals surface area contributed by atoms with Crippen molar-refractivity contribution in [3.05, 3.63) is 119 Å². The third kappa shape index (κ3) is 13.1. The number of pyridine rings is 2. The number of thiazole rings is 1. The van der Waals surface area contributed by atoms with E-state index in [4.69, 9.17) is 20.4 Å². The first-order chi connectivity index (χ1) is 38.1. The number of nitrogen functional groups attached to an aromatic ring is 1. The van der Waals surface area contributed by atoms with Crippen LogP contribution in [0.5, 0.6) is 5.75 Å². The molecule has 2 aromatic carbocycles. The van der Waals surface area contributed by atoms with Gasteiger partial charge in [0.1, 0.15) is 23.7 Å². The maximum Gasteiger partial charge on any atom is 0.246 e. The SMILES string of the molecule is Cc1ncsc1-c1ccc(CNC(=O)[C@@H]2C[C@@H](O)CN2C(=O)[C@@H](NC(=O)CN2CCN(c3ccc(CCOCCCc4cc(N5C6CCC5CN(c5cc(-c7ccccc7O)nnc5N)C6)ccn4)cn3)CC2)C(C)(C)C)cc1. The molecule has 3 amide bonds. The van der Waals surface area contributed by atoms with Gasteiger partial charge in [-0.2, -0.15) is 0 Å². The summed E-state index contributed by atoms with van der Waals surface area (Å²) in [6.07, 6.45) is 7.73. The van der Waals surface area contributed by atoms with E-state index in [1.807, 2.05) is 94.1 Å². The van der Waals surface area contributed by atoms with Crippen LogP contribution in [0.4, 0.5) is 23.0 Å². The maximum absolute atomic E-state index is 14.2. The van der Waals surface area contributed by atoms with E-state index in [1.54, 1.807) is 23.5 Å². The molecule has 6 N–H and O–H groups in total. The van der Waals surface area contributed by atoms with E-state index >= 15 is 0 Å². The minimum atomic E-state index is -0.901. The Morgan fingerprint density at radius 3 is 2.33 bits per heavy atom. The number of aromatic hydroxyl groups is 1. The first-order valence-electron chi connectivity index (χ1n) is 27.6. The van der Waals surface area contributed by atoms with Crippen LogP contribution in [-0.2, 0) is 38.5 Å². The number of aryl methyl sites for hydroxylation is 2. The minimum absolute atomic E-state index is 0.0150. The molecule has 0 spiro atoms. The van der Waals surface area contributed by atoms with Crippen molar-refractivity contribution in [3.63, 3.8) is 0 Å². The van der Waals surface area contributed by atoms with Crippen LogP contribution in [0.1, 0.15) is 69.0 Å². The zero-order chi connectivity index (χ0) is 55.2. The molecule has 8 heterocycles. The molecule has 10 rings (SSSR count). The predicted octanol–water partition coefficient (Wildman–Crippen LogP) is 5.63. The van der Waals surface area contributed by atoms with Crippen molar-refractivity contribution in [1.29, 1.82) is 0 Å². The molecule has 416 valence electrons. The van der Waals surface area contributed by atoms with Gasteiger partial charge in [-0.3, -0.25) is 24.3 Å². The smallest absolute Gasteiger partial charge is 0.246 e. The first-order valence-corrected chi connectivity index (χ1v) is 28.5. The lowest BCUT2D eigenvalue weighted by atomic mass is 9.85. The second kappa shape index (κ2) is 24.4. The molecule has 4 aliphatic rings. The third-order valence-corrected chi connectivity index (χ3v) is 16.7. The molecule has 0 aliphatic carbocycles. The number of β-amino-alcohol motifs (C(OH)–C–C–N with tert-alkyl or cyclic N) is 1. The molecule has 79 heavy (non-hydrogen) atoms. The molecule has 0 saturated carbocycles. The number of anilines is 4. The van der Waals surface area contributed by atoms with Gasteiger partial charge in [0.25, 0.3) is 0 Å². The summed E-state index contributed by atoms with van der Waals surface area (Å²) in [7, 11) is 0. The van der Waals surface area contributed by atoms with Crippen LogP contribution in [0.3, 0.4) is 0 Å². The van der Waals surface area contributed by atoms with Gasteiger partial charge in [-0.25, -0.2) is 9.97 Å². The number of para-hydroxylation sites is 1. The Morgan fingerprint density at radius 2 is 1.62 bits per heavy atom. The van der Waals surface area contributed by atoms with Crippen LogP contribution in [0, 0.1) is 12.3 Å². The van der Waals surface area contributed by atoms with Crippen LogP contribution in [0.25, 0.3) is 21.7 Å². The second-order valence-corrected chi connectivity index (χ2v) is 23.3. The monoisotopic (exact) mass is 1090 g/mol. The van der Waals surface area contributed by atoms with Gasteiger partial charge in [-0.1, -0.05) is 63.2 Å². The number of phenols is 1. The number of fused-ring (bicyclic) bond motifs is 2. The van der Waals surface area contributed by atoms with E-state index in [0.29, 0.717) is 68.6 Å². The number of benzene rings is 2. The largest absolute Gasteiger partial charge is 0.507 e. The number of aliphatic hydroxyl groups is 1. The molecule has 0 radical (unpaired) electrons. The summed E-state index contributed by atoms with van der Waals surface area (Å²) in [6, 6.07) is 24.4. The Morgan fingerprint density at radius 1 is 0.861 bits per heavy atom. The number of phenolic OH excluding ortho intramolecular Hbond substituents is 1. The van der Waals surface area contributed by atoms with Gasteiger partial charge in [0.15, 0.2) is 5.82 Å². The number of nitrogens with zero attached hydrogens (tertiary/aromatic N) is 10. The number of rotatable bonds is 19. The number of hydrogen-bond acceptors (Lipinski definition) is 17. The van der Waals surface area contributed by atoms with Gasteiger partial charge in [0.2, 0.25) is 17.7 Å². The van der Waals surface area contributed by atoms with E-state index in [1.165, 1.54) is 10.6 Å². The predicted molar refractivity (Wildman–Crippen MR) is 307 cm³/mol. The van der Waals surface area contributed by atoms with Crippen LogP contribution >= 0.6 is 11.3 Å². The van der Waals surface area contributed by atoms with Crippen molar-refractivity contribution in [2.45, 2.75) is 103 Å². The van der Waals surface area contributed by atoms with Gasteiger partial charge in [-0.05, 0) is 97.5 Å². The Balaban J connectivity index is 0.628. The Hall–Kier alpha value is -7.26. The maximum atomic E-state index is 14.2. The van der Waals surface area contributed by atoms with Gasteiger partial charge < -0.3 is 50.9 Å². The lowest BCUT2D eigenvalue weighted by Gasteiger charge is -2.43. The van der Waals surface area contributed by atoms with Crippen LogP contribution in [-0.4, -0.2) is 159 Å². The number of nitrogens with two attached hydrogens (primary N) is 1. The highest BCUT2D eigenvalue weighted by molar-refractivity contribution is 7.13. The number of carbonyl (C=O) groups is 3. The van der Waals surface area contributed by atoms with Crippen molar-refractivity contribution in [1.82, 2.24) is 45.6 Å². The summed E-state index contributed by atoms with van der Waals surface area (Å²) >= 11 is 1.58. The normalized spacial score (nSPS) is 19.9. The van der Waals surface area contributed by atoms with Crippen LogP contribution in [0.15, 0.2) is 96.8 Å². The van der Waals surface area contributed by atoms with Gasteiger partial charge in [0, 0.05) is 107 Å². The molecule has 4 saturated heterocycles. The molecule has 20 heteroatoms. The molecule has 2 unspecified atom stereocenters. The topological polar surface area (TPSA) is 232 Å². The fourth-order valence-corrected chi connectivity index (χ4v) is 12.3. The minimum Gasteiger partial charge on any atom is -0.507 e. The van der Waals surface area contributed by atoms with Crippen molar-refractivity contribution < 1.29 is 29.3 Å². The number of amides is 3. The van der Waals surface area contributed by atoms with Crippen LogP contribution in [0.2, 0.25) is 0 Å². The standard InChI is InChI=1S/C59H73N13O6S/c1-38-54(79-37-64-38)41-14-11-39(12-15-41)32-63-57(76)50-29-46(73)35-71(50)58(77)55(59(2,3)4)65-53(75)36-68-22-24-69(25-23-68)52-18-13-40(31-62-52)20-27-78-26-7-8-42-28-43(19-21-61-42)72-44-16-17-45(72)34-70(33-44)49-30-48(66-67-56(49)60)47-9-5-6-10-51(47)74/h5-6,9-15,18-19,21,28,30-31,37,44-46,50,55,73-74H,7-8,16-17,20,22-27,29,32-36H2,1-4H3,(H2,60,67)(H,63,76)(H,65,75)/t44?,45?,46-,50+,55-/m1/s1. The fraction of sp³-hybridized carbons (Fsp3) is 0.458. The summed E-state index contributed by atoms with van der Waals surface area (Å²) in [5.74, 6) is 0.450. The Bertz CT molecular complexity index is 3060. The van der Waals surface area contributed by atoms with Crippen molar-refractivity contribution >= 4 is 52.1 Å². The second-order valence-electron chi connectivity index (χ2n) is 22.4. The van der Waals surface area contributed by atoms with Crippen molar-refractivity contribution in [2.24, 2.45) is 5.41 Å². The van der Waals surface area contributed by atoms with E-state index in [9.17, 15) is 24.6 Å². The highest BCUT2D eigenvalue weighted by Gasteiger charge is 2.45. The number of piperazine rings is 2. The zero-order valence-corrected chi connectivity index (χ0v) is 46.4. The number of ether oxygens (including phenoxy) is 1. The number of carbonyl (C=O) groups excluding carboxylic acids is 3. The molecule has 5 atom stereocenters. The summed E-state index contributed by atoms with van der Waals surface area (Å²) < 4.78 is 6.08. The zero-order valence-electron chi connectivity index (χ0n) is 45.6. The third-order valence-electron chi connectivity index (χ3n) is 15.7. The molecule has 19 nitrogen and oxygen atoms in total.